The van der Waals surface area contributed by atoms with Crippen LogP contribution in [0.3, 0.4) is 0 Å². The summed E-state index contributed by atoms with van der Waals surface area (Å²) in [6.07, 6.45) is 8.57. The number of ether oxygens (including phenoxy) is 1. The van der Waals surface area contributed by atoms with Gasteiger partial charge in [-0.25, -0.2) is 0 Å². The number of rotatable bonds is 3. The second kappa shape index (κ2) is 7.77. The lowest BCUT2D eigenvalue weighted by molar-refractivity contribution is -0.112. The molecule has 138 valence electrons. The Morgan fingerprint density at radius 3 is 2.60 bits per heavy atom. The molecule has 0 bridgehead atoms. The smallest absolute Gasteiger partial charge is 0.263 e. The highest BCUT2D eigenvalue weighted by Crippen LogP contribution is 2.35. The van der Waals surface area contributed by atoms with Gasteiger partial charge in [0.2, 0.25) is 0 Å². The van der Waals surface area contributed by atoms with E-state index in [1.807, 2.05) is 22.4 Å². The van der Waals surface area contributed by atoms with Gasteiger partial charge in [-0.05, 0) is 62.3 Å². The normalized spacial score (nSPS) is 25.4. The van der Waals surface area contributed by atoms with Crippen molar-refractivity contribution in [2.24, 2.45) is 5.92 Å². The van der Waals surface area contributed by atoms with Crippen LogP contribution in [0.15, 0.2) is 17.5 Å². The van der Waals surface area contributed by atoms with E-state index in [9.17, 15) is 4.79 Å². The number of hydrogen-bond donors (Lipinski definition) is 0. The Bertz CT molecular complexity index is 550. The lowest BCUT2D eigenvalue weighted by atomic mass is 9.84. The van der Waals surface area contributed by atoms with Gasteiger partial charge in [0.15, 0.2) is 0 Å². The Balaban J connectivity index is 1.21. The monoisotopic (exact) mass is 362 g/mol. The number of hydrogen-bond acceptors (Lipinski definition) is 4. The van der Waals surface area contributed by atoms with Crippen LogP contribution < -0.4 is 0 Å². The molecule has 3 aliphatic rings. The van der Waals surface area contributed by atoms with Crippen molar-refractivity contribution in [1.82, 2.24) is 9.80 Å². The van der Waals surface area contributed by atoms with Crippen LogP contribution in [0.1, 0.15) is 54.6 Å². The predicted octanol–water partition coefficient (Wildman–Crippen LogP) is 3.64. The summed E-state index contributed by atoms with van der Waals surface area (Å²) in [5.74, 6) is 0.969. The minimum Gasteiger partial charge on any atom is -0.375 e. The largest absolute Gasteiger partial charge is 0.375 e. The van der Waals surface area contributed by atoms with Gasteiger partial charge in [-0.3, -0.25) is 4.79 Å². The molecule has 25 heavy (non-hydrogen) atoms. The fraction of sp³-hybridized carbons (Fsp3) is 0.750. The lowest BCUT2D eigenvalue weighted by Gasteiger charge is -2.45. The number of carbonyl (C=O) groups is 1. The fourth-order valence-electron chi connectivity index (χ4n) is 4.69. The predicted molar refractivity (Wildman–Crippen MR) is 101 cm³/mol. The van der Waals surface area contributed by atoms with Gasteiger partial charge in [0, 0.05) is 39.3 Å². The topological polar surface area (TPSA) is 32.8 Å². The van der Waals surface area contributed by atoms with Crippen LogP contribution in [-0.4, -0.2) is 60.6 Å². The summed E-state index contributed by atoms with van der Waals surface area (Å²) in [5, 5.41) is 1.99. The zero-order valence-electron chi connectivity index (χ0n) is 15.1. The average molecular weight is 363 g/mol. The highest BCUT2D eigenvalue weighted by molar-refractivity contribution is 7.12. The van der Waals surface area contributed by atoms with Crippen molar-refractivity contribution in [2.75, 3.05) is 39.3 Å². The first-order valence-electron chi connectivity index (χ1n) is 9.93. The van der Waals surface area contributed by atoms with Crippen LogP contribution >= 0.6 is 11.3 Å². The van der Waals surface area contributed by atoms with E-state index in [0.717, 1.165) is 43.3 Å². The maximum Gasteiger partial charge on any atom is 0.263 e. The molecule has 1 spiro atoms. The molecule has 3 saturated heterocycles. The molecule has 0 aliphatic carbocycles. The first kappa shape index (κ1) is 17.5. The first-order valence-corrected chi connectivity index (χ1v) is 10.8. The minimum absolute atomic E-state index is 0.214. The van der Waals surface area contributed by atoms with E-state index in [4.69, 9.17) is 4.74 Å². The van der Waals surface area contributed by atoms with Crippen molar-refractivity contribution in [1.29, 1.82) is 0 Å². The van der Waals surface area contributed by atoms with E-state index in [0.29, 0.717) is 0 Å². The van der Waals surface area contributed by atoms with Crippen molar-refractivity contribution in [3.05, 3.63) is 22.4 Å². The molecular weight excluding hydrogens is 332 g/mol. The summed E-state index contributed by atoms with van der Waals surface area (Å²) in [7, 11) is 0. The van der Waals surface area contributed by atoms with Crippen molar-refractivity contribution in [3.63, 3.8) is 0 Å². The molecule has 4 nitrogen and oxygen atoms in total. The van der Waals surface area contributed by atoms with Gasteiger partial charge in [0.25, 0.3) is 5.91 Å². The van der Waals surface area contributed by atoms with E-state index in [-0.39, 0.29) is 11.5 Å². The van der Waals surface area contributed by atoms with Crippen molar-refractivity contribution in [3.8, 4) is 0 Å². The quantitative estimate of drug-likeness (QED) is 0.823. The molecule has 0 radical (unpaired) electrons. The highest BCUT2D eigenvalue weighted by Gasteiger charge is 2.37. The van der Waals surface area contributed by atoms with Gasteiger partial charge in [0.05, 0.1) is 10.5 Å². The zero-order chi connectivity index (χ0) is 17.1. The molecule has 3 fully saturated rings. The Morgan fingerprint density at radius 2 is 1.96 bits per heavy atom. The SMILES string of the molecule is O=C(c1cccs1)N1CCC(CN2CCC3(CCCCO3)CC2)CC1. The minimum atomic E-state index is 0.214. The molecule has 0 N–H and O–H groups in total. The van der Waals surface area contributed by atoms with E-state index in [1.54, 1.807) is 11.3 Å². The Morgan fingerprint density at radius 1 is 1.16 bits per heavy atom. The number of piperidine rings is 2. The van der Waals surface area contributed by atoms with E-state index >= 15 is 0 Å². The third-order valence-corrected chi connectivity index (χ3v) is 7.21. The second-order valence-corrected chi connectivity index (χ2v) is 8.95. The molecule has 1 amide bonds. The number of carbonyl (C=O) groups excluding carboxylic acids is 1. The summed E-state index contributed by atoms with van der Waals surface area (Å²) in [4.78, 5) is 18.0. The molecule has 3 aliphatic heterocycles. The summed E-state index contributed by atoms with van der Waals surface area (Å²) in [6, 6.07) is 3.90. The van der Waals surface area contributed by atoms with Crippen molar-refractivity contribution in [2.45, 2.75) is 50.5 Å². The first-order chi connectivity index (χ1) is 12.2. The second-order valence-electron chi connectivity index (χ2n) is 8.00. The maximum atomic E-state index is 12.4. The van der Waals surface area contributed by atoms with Crippen LogP contribution in [0.25, 0.3) is 0 Å². The summed E-state index contributed by atoms with van der Waals surface area (Å²) >= 11 is 1.55. The molecule has 0 saturated carbocycles. The van der Waals surface area contributed by atoms with Gasteiger partial charge in [-0.2, -0.15) is 0 Å². The molecular formula is C20H30N2O2S. The Kier molecular flexibility index (Phi) is 5.44. The highest BCUT2D eigenvalue weighted by atomic mass is 32.1. The molecule has 5 heteroatoms. The third-order valence-electron chi connectivity index (χ3n) is 6.35. The maximum absolute atomic E-state index is 12.4. The molecule has 0 aromatic carbocycles. The number of amides is 1. The average Bonchev–Trinajstić information content (AvgIpc) is 3.19. The third kappa shape index (κ3) is 4.09. The van der Waals surface area contributed by atoms with Crippen molar-refractivity contribution < 1.29 is 9.53 Å². The number of thiophene rings is 1. The molecule has 0 unspecified atom stereocenters. The van der Waals surface area contributed by atoms with Crippen LogP contribution in [0.2, 0.25) is 0 Å². The molecule has 0 atom stereocenters. The standard InChI is InChI=1S/C20H30N2O2S/c23-19(18-4-3-15-25-18)22-10-5-17(6-11-22)16-21-12-8-20(9-13-21)7-1-2-14-24-20/h3-4,15,17H,1-2,5-14,16H2. The Hall–Kier alpha value is -0.910. The van der Waals surface area contributed by atoms with E-state index in [2.05, 4.69) is 4.90 Å². The van der Waals surface area contributed by atoms with Crippen LogP contribution in [0.5, 0.6) is 0 Å². The Labute approximate surface area is 155 Å². The summed E-state index contributed by atoms with van der Waals surface area (Å²) in [5.41, 5.74) is 0.214. The molecule has 1 aromatic rings. The van der Waals surface area contributed by atoms with Gasteiger partial charge >= 0.3 is 0 Å². The van der Waals surface area contributed by atoms with E-state index < -0.39 is 0 Å². The summed E-state index contributed by atoms with van der Waals surface area (Å²) in [6.45, 7) is 6.39. The molecule has 4 heterocycles. The number of likely N-dealkylation sites (tertiary alicyclic amines) is 2. The summed E-state index contributed by atoms with van der Waals surface area (Å²) < 4.78 is 6.15. The van der Waals surface area contributed by atoms with Gasteiger partial charge < -0.3 is 14.5 Å². The van der Waals surface area contributed by atoms with Gasteiger partial charge in [0.1, 0.15) is 0 Å². The molecule has 4 rings (SSSR count). The van der Waals surface area contributed by atoms with Crippen LogP contribution in [0.4, 0.5) is 0 Å². The zero-order valence-corrected chi connectivity index (χ0v) is 15.9. The fourth-order valence-corrected chi connectivity index (χ4v) is 5.38. The van der Waals surface area contributed by atoms with Crippen molar-refractivity contribution >= 4 is 17.2 Å². The lowest BCUT2D eigenvalue weighted by Crippen LogP contribution is -2.49. The van der Waals surface area contributed by atoms with E-state index in [1.165, 1.54) is 51.7 Å². The number of nitrogens with zero attached hydrogens (tertiary/aromatic N) is 2. The van der Waals surface area contributed by atoms with Gasteiger partial charge in [-0.1, -0.05) is 6.07 Å². The van der Waals surface area contributed by atoms with Crippen LogP contribution in [0, 0.1) is 5.92 Å². The van der Waals surface area contributed by atoms with Gasteiger partial charge in [-0.15, -0.1) is 11.3 Å². The van der Waals surface area contributed by atoms with Crippen LogP contribution in [-0.2, 0) is 4.74 Å². The molecule has 1 aromatic heterocycles.